The van der Waals surface area contributed by atoms with E-state index >= 15 is 0 Å². The first-order chi connectivity index (χ1) is 14.1. The van der Waals surface area contributed by atoms with E-state index in [0.717, 1.165) is 25.7 Å². The van der Waals surface area contributed by atoms with E-state index in [1.54, 1.807) is 0 Å². The van der Waals surface area contributed by atoms with Crippen LogP contribution in [0.2, 0.25) is 0 Å². The van der Waals surface area contributed by atoms with E-state index in [1.807, 2.05) is 13.8 Å². The topological polar surface area (TPSA) is 52.6 Å². The van der Waals surface area contributed by atoms with Crippen molar-refractivity contribution in [1.29, 1.82) is 0 Å². The molecule has 0 amide bonds. The zero-order valence-corrected chi connectivity index (χ0v) is 19.8. The summed E-state index contributed by atoms with van der Waals surface area (Å²) in [6.07, 6.45) is 16.1. The molecule has 0 aromatic heterocycles. The molecule has 2 atom stereocenters. The van der Waals surface area contributed by atoms with Crippen LogP contribution in [0.1, 0.15) is 124 Å². The summed E-state index contributed by atoms with van der Waals surface area (Å²) in [6.45, 7) is 9.40. The van der Waals surface area contributed by atoms with E-state index < -0.39 is 0 Å². The van der Waals surface area contributed by atoms with E-state index in [1.165, 1.54) is 51.4 Å². The Hall–Kier alpha value is -1.06. The Kier molecular flexibility index (Phi) is 19.5. The Bertz CT molecular complexity index is 358. The molecule has 0 aliphatic heterocycles. The highest BCUT2D eigenvalue weighted by Crippen LogP contribution is 2.22. The fraction of sp³-hybridized carbons (Fsp3) is 0.920. The molecule has 0 saturated heterocycles. The molecule has 0 bridgehead atoms. The summed E-state index contributed by atoms with van der Waals surface area (Å²) in [6, 6.07) is 0. The highest BCUT2D eigenvalue weighted by Gasteiger charge is 2.27. The van der Waals surface area contributed by atoms with Crippen LogP contribution < -0.4 is 0 Å². The number of ether oxygens (including phenoxy) is 2. The molecule has 0 aliphatic carbocycles. The molecule has 29 heavy (non-hydrogen) atoms. The molecule has 0 rings (SSSR count). The highest BCUT2D eigenvalue weighted by atomic mass is 16.5. The lowest BCUT2D eigenvalue weighted by atomic mass is 9.91. The van der Waals surface area contributed by atoms with Gasteiger partial charge in [-0.15, -0.1) is 0 Å². The molecule has 0 spiro atoms. The molecule has 0 fully saturated rings. The average molecular weight is 413 g/mol. The quantitative estimate of drug-likeness (QED) is 0.156. The van der Waals surface area contributed by atoms with Gasteiger partial charge in [-0.2, -0.15) is 0 Å². The Morgan fingerprint density at radius 3 is 1.24 bits per heavy atom. The second kappa shape index (κ2) is 20.2. The number of carbonyl (C=O) groups is 2. The van der Waals surface area contributed by atoms with E-state index in [0.29, 0.717) is 32.5 Å². The Balaban J connectivity index is 4.07. The summed E-state index contributed by atoms with van der Waals surface area (Å²) in [5.41, 5.74) is 0. The summed E-state index contributed by atoms with van der Waals surface area (Å²) < 4.78 is 11.0. The number of hydrogen-bond donors (Lipinski definition) is 0. The van der Waals surface area contributed by atoms with Crippen molar-refractivity contribution in [1.82, 2.24) is 0 Å². The fourth-order valence-electron chi connectivity index (χ4n) is 3.55. The predicted octanol–water partition coefficient (Wildman–Crippen LogP) is 7.24. The smallest absolute Gasteiger partial charge is 0.308 e. The van der Waals surface area contributed by atoms with Crippen molar-refractivity contribution in [3.63, 3.8) is 0 Å². The molecule has 2 unspecified atom stereocenters. The maximum absolute atomic E-state index is 12.4. The lowest BCUT2D eigenvalue weighted by molar-refractivity contribution is -0.153. The summed E-state index contributed by atoms with van der Waals surface area (Å²) in [4.78, 5) is 24.8. The van der Waals surface area contributed by atoms with Crippen LogP contribution >= 0.6 is 0 Å². The Morgan fingerprint density at radius 1 is 0.552 bits per heavy atom. The first-order valence-corrected chi connectivity index (χ1v) is 12.4. The van der Waals surface area contributed by atoms with Gasteiger partial charge in [-0.3, -0.25) is 9.59 Å². The summed E-state index contributed by atoms with van der Waals surface area (Å²) >= 11 is 0. The van der Waals surface area contributed by atoms with Crippen molar-refractivity contribution < 1.29 is 19.1 Å². The van der Waals surface area contributed by atoms with E-state index in [-0.39, 0.29) is 23.8 Å². The van der Waals surface area contributed by atoms with Gasteiger partial charge >= 0.3 is 11.9 Å². The molecule has 4 nitrogen and oxygen atoms in total. The minimum absolute atomic E-state index is 0.150. The van der Waals surface area contributed by atoms with E-state index in [2.05, 4.69) is 13.8 Å². The van der Waals surface area contributed by atoms with E-state index in [9.17, 15) is 9.59 Å². The van der Waals surface area contributed by atoms with Gasteiger partial charge in [0.1, 0.15) is 0 Å². The van der Waals surface area contributed by atoms with Gasteiger partial charge in [0.05, 0.1) is 25.0 Å². The summed E-state index contributed by atoms with van der Waals surface area (Å²) in [5, 5.41) is 0. The maximum Gasteiger partial charge on any atom is 0.308 e. The van der Waals surface area contributed by atoms with Crippen LogP contribution in [-0.2, 0) is 19.1 Å². The Labute approximate surface area is 180 Å². The number of esters is 2. The van der Waals surface area contributed by atoms with Crippen LogP contribution in [0.4, 0.5) is 0 Å². The number of hydrogen-bond acceptors (Lipinski definition) is 4. The lowest BCUT2D eigenvalue weighted by Crippen LogP contribution is -2.26. The average Bonchev–Trinajstić information content (AvgIpc) is 2.73. The zero-order valence-electron chi connectivity index (χ0n) is 19.8. The maximum atomic E-state index is 12.4. The third-order valence-electron chi connectivity index (χ3n) is 5.71. The minimum Gasteiger partial charge on any atom is -0.465 e. The van der Waals surface area contributed by atoms with Gasteiger partial charge < -0.3 is 9.47 Å². The third-order valence-corrected chi connectivity index (χ3v) is 5.71. The molecule has 0 radical (unpaired) electrons. The molecule has 0 aliphatic rings. The molecule has 4 heteroatoms. The normalized spacial score (nSPS) is 13.1. The predicted molar refractivity (Wildman–Crippen MR) is 121 cm³/mol. The van der Waals surface area contributed by atoms with Crippen LogP contribution in [0.15, 0.2) is 0 Å². The monoisotopic (exact) mass is 412 g/mol. The zero-order chi connectivity index (χ0) is 21.7. The van der Waals surface area contributed by atoms with Crippen LogP contribution in [-0.4, -0.2) is 25.2 Å². The summed E-state index contributed by atoms with van der Waals surface area (Å²) in [7, 11) is 0. The molecule has 0 heterocycles. The standard InChI is InChI=1S/C25H48O4/c1-5-9-11-13-15-17-19-28-24(26)22(7-3)21-23(8-4)25(27)29-20-18-16-14-12-10-6-2/h22-23H,5-21H2,1-4H3. The van der Waals surface area contributed by atoms with Crippen LogP contribution in [0.5, 0.6) is 0 Å². The summed E-state index contributed by atoms with van der Waals surface area (Å²) in [5.74, 6) is -0.713. The van der Waals surface area contributed by atoms with Crippen molar-refractivity contribution in [2.75, 3.05) is 13.2 Å². The largest absolute Gasteiger partial charge is 0.465 e. The van der Waals surface area contributed by atoms with Gasteiger partial charge in [0.25, 0.3) is 0 Å². The van der Waals surface area contributed by atoms with Crippen molar-refractivity contribution in [2.45, 2.75) is 124 Å². The van der Waals surface area contributed by atoms with Crippen LogP contribution in [0, 0.1) is 11.8 Å². The van der Waals surface area contributed by atoms with Gasteiger partial charge in [0.15, 0.2) is 0 Å². The SMILES string of the molecule is CCCCCCCCOC(=O)C(CC)CC(CC)C(=O)OCCCCCCCC. The number of carbonyl (C=O) groups excluding carboxylic acids is 2. The molecule has 0 N–H and O–H groups in total. The first-order valence-electron chi connectivity index (χ1n) is 12.4. The molecule has 0 aromatic carbocycles. The van der Waals surface area contributed by atoms with Gasteiger partial charge in [0.2, 0.25) is 0 Å². The van der Waals surface area contributed by atoms with Crippen molar-refractivity contribution >= 4 is 11.9 Å². The van der Waals surface area contributed by atoms with Crippen molar-refractivity contribution in [2.24, 2.45) is 11.8 Å². The molecular formula is C25H48O4. The molecule has 0 saturated carbocycles. The third kappa shape index (κ3) is 15.4. The van der Waals surface area contributed by atoms with Gasteiger partial charge in [-0.1, -0.05) is 91.9 Å². The van der Waals surface area contributed by atoms with Crippen molar-refractivity contribution in [3.05, 3.63) is 0 Å². The number of unbranched alkanes of at least 4 members (excludes halogenated alkanes) is 10. The Morgan fingerprint density at radius 2 is 0.897 bits per heavy atom. The molecule has 172 valence electrons. The first kappa shape index (κ1) is 27.9. The minimum atomic E-state index is -0.207. The highest BCUT2D eigenvalue weighted by molar-refractivity contribution is 5.76. The molecule has 0 aromatic rings. The van der Waals surface area contributed by atoms with Crippen LogP contribution in [0.25, 0.3) is 0 Å². The van der Waals surface area contributed by atoms with Gasteiger partial charge in [-0.05, 0) is 32.1 Å². The lowest BCUT2D eigenvalue weighted by Gasteiger charge is -2.20. The second-order valence-electron chi connectivity index (χ2n) is 8.32. The fourth-order valence-corrected chi connectivity index (χ4v) is 3.55. The van der Waals surface area contributed by atoms with Gasteiger partial charge in [-0.25, -0.2) is 0 Å². The second-order valence-corrected chi connectivity index (χ2v) is 8.32. The van der Waals surface area contributed by atoms with Crippen molar-refractivity contribution in [3.8, 4) is 0 Å². The molecular weight excluding hydrogens is 364 g/mol. The van der Waals surface area contributed by atoms with Gasteiger partial charge in [0, 0.05) is 0 Å². The number of rotatable bonds is 20. The van der Waals surface area contributed by atoms with E-state index in [4.69, 9.17) is 9.47 Å². The van der Waals surface area contributed by atoms with Crippen LogP contribution in [0.3, 0.4) is 0 Å².